The number of halogens is 1. The summed E-state index contributed by atoms with van der Waals surface area (Å²) in [6.45, 7) is 4.66. The molecule has 150 valence electrons. The van der Waals surface area contributed by atoms with Gasteiger partial charge >= 0.3 is 0 Å². The van der Waals surface area contributed by atoms with E-state index in [0.29, 0.717) is 22.9 Å². The quantitative estimate of drug-likeness (QED) is 0.692. The van der Waals surface area contributed by atoms with E-state index < -0.39 is 0 Å². The number of nitrogens with one attached hydrogen (secondary N) is 1. The van der Waals surface area contributed by atoms with Crippen LogP contribution in [0.3, 0.4) is 0 Å². The number of hydrogen-bond acceptors (Lipinski definition) is 5. The molecule has 0 bridgehead atoms. The predicted octanol–water partition coefficient (Wildman–Crippen LogP) is 1.35. The number of hydrogen-bond donors (Lipinski definition) is 2. The number of carbonyl (C=O) groups is 2. The maximum Gasteiger partial charge on any atom is 0.251 e. The first-order valence-electron chi connectivity index (χ1n) is 9.20. The SMILES string of the molecule is CC(C(N)=O)N1CCC(Oc2ccc(C(=O)NCCN(C)C)cc2Cl)CC1. The van der Waals surface area contributed by atoms with Crippen LogP contribution in [0.15, 0.2) is 18.2 Å². The summed E-state index contributed by atoms with van der Waals surface area (Å²) in [5.74, 6) is 0.110. The molecule has 0 saturated carbocycles. The molecular weight excluding hydrogens is 368 g/mol. The Bertz CT molecular complexity index is 660. The van der Waals surface area contributed by atoms with Crippen LogP contribution in [0.5, 0.6) is 5.75 Å². The molecule has 1 aliphatic heterocycles. The number of piperidine rings is 1. The topological polar surface area (TPSA) is 87.9 Å². The van der Waals surface area contributed by atoms with Crippen molar-refractivity contribution in [1.29, 1.82) is 0 Å². The lowest BCUT2D eigenvalue weighted by atomic mass is 10.1. The third kappa shape index (κ3) is 6.37. The number of amides is 2. The van der Waals surface area contributed by atoms with Gasteiger partial charge in [0.1, 0.15) is 11.9 Å². The zero-order valence-electron chi connectivity index (χ0n) is 16.2. The van der Waals surface area contributed by atoms with Gasteiger partial charge in [0, 0.05) is 31.7 Å². The van der Waals surface area contributed by atoms with Gasteiger partial charge in [-0.15, -0.1) is 0 Å². The highest BCUT2D eigenvalue weighted by molar-refractivity contribution is 6.32. The number of carbonyl (C=O) groups excluding carboxylic acids is 2. The lowest BCUT2D eigenvalue weighted by Gasteiger charge is -2.34. The lowest BCUT2D eigenvalue weighted by Crippen LogP contribution is -2.48. The van der Waals surface area contributed by atoms with Crippen molar-refractivity contribution >= 4 is 23.4 Å². The molecule has 0 aromatic heterocycles. The summed E-state index contributed by atoms with van der Waals surface area (Å²) < 4.78 is 6.01. The summed E-state index contributed by atoms with van der Waals surface area (Å²) in [6, 6.07) is 4.82. The number of rotatable bonds is 8. The Hall–Kier alpha value is -1.83. The first kappa shape index (κ1) is 21.5. The number of likely N-dealkylation sites (N-methyl/N-ethyl adjacent to an activating group) is 1. The standard InChI is InChI=1S/C19H29ClN4O3/c1-13(18(21)25)24-9-6-15(7-10-24)27-17-5-4-14(12-16(17)20)19(26)22-8-11-23(2)3/h4-5,12-13,15H,6-11H2,1-3H3,(H2,21,25)(H,22,26). The molecule has 2 amide bonds. The van der Waals surface area contributed by atoms with Crippen LogP contribution in [0.4, 0.5) is 0 Å². The summed E-state index contributed by atoms with van der Waals surface area (Å²) >= 11 is 6.31. The van der Waals surface area contributed by atoms with E-state index in [1.54, 1.807) is 18.2 Å². The fourth-order valence-corrected chi connectivity index (χ4v) is 3.20. The first-order valence-corrected chi connectivity index (χ1v) is 9.58. The lowest BCUT2D eigenvalue weighted by molar-refractivity contribution is -0.123. The van der Waals surface area contributed by atoms with Gasteiger partial charge in [-0.2, -0.15) is 0 Å². The van der Waals surface area contributed by atoms with Crippen molar-refractivity contribution in [1.82, 2.24) is 15.1 Å². The summed E-state index contributed by atoms with van der Waals surface area (Å²) in [5.41, 5.74) is 5.87. The second-order valence-electron chi connectivity index (χ2n) is 7.14. The molecular formula is C19H29ClN4O3. The van der Waals surface area contributed by atoms with E-state index >= 15 is 0 Å². The average molecular weight is 397 g/mol. The summed E-state index contributed by atoms with van der Waals surface area (Å²) in [4.78, 5) is 27.5. The minimum Gasteiger partial charge on any atom is -0.489 e. The molecule has 1 aliphatic rings. The van der Waals surface area contributed by atoms with Crippen molar-refractivity contribution in [2.75, 3.05) is 40.3 Å². The van der Waals surface area contributed by atoms with E-state index in [0.717, 1.165) is 32.5 Å². The Morgan fingerprint density at radius 2 is 2.04 bits per heavy atom. The van der Waals surface area contributed by atoms with E-state index in [9.17, 15) is 9.59 Å². The van der Waals surface area contributed by atoms with Gasteiger partial charge in [0.2, 0.25) is 5.91 Å². The van der Waals surface area contributed by atoms with Crippen LogP contribution in [0.25, 0.3) is 0 Å². The van der Waals surface area contributed by atoms with Crippen LogP contribution in [0.1, 0.15) is 30.1 Å². The maximum absolute atomic E-state index is 12.2. The van der Waals surface area contributed by atoms with Crippen molar-refractivity contribution < 1.29 is 14.3 Å². The Kier molecular flexibility index (Phi) is 7.89. The Morgan fingerprint density at radius 3 is 2.59 bits per heavy atom. The Morgan fingerprint density at radius 1 is 1.37 bits per heavy atom. The van der Waals surface area contributed by atoms with Gasteiger partial charge < -0.3 is 20.7 Å². The number of benzene rings is 1. The molecule has 1 fully saturated rings. The molecule has 1 saturated heterocycles. The highest BCUT2D eigenvalue weighted by Crippen LogP contribution is 2.28. The van der Waals surface area contributed by atoms with Gasteiger partial charge in [-0.3, -0.25) is 14.5 Å². The molecule has 0 spiro atoms. The highest BCUT2D eigenvalue weighted by atomic mass is 35.5. The van der Waals surface area contributed by atoms with Crippen molar-refractivity contribution in [3.05, 3.63) is 28.8 Å². The van der Waals surface area contributed by atoms with E-state index in [4.69, 9.17) is 22.1 Å². The zero-order valence-corrected chi connectivity index (χ0v) is 17.0. The summed E-state index contributed by atoms with van der Waals surface area (Å²) in [5, 5.41) is 3.28. The number of primary amides is 1. The third-order valence-corrected chi connectivity index (χ3v) is 5.06. The van der Waals surface area contributed by atoms with Gasteiger partial charge in [0.05, 0.1) is 11.1 Å². The summed E-state index contributed by atoms with van der Waals surface area (Å²) in [7, 11) is 3.91. The maximum atomic E-state index is 12.2. The molecule has 1 unspecified atom stereocenters. The molecule has 7 nitrogen and oxygen atoms in total. The number of likely N-dealkylation sites (tertiary alicyclic amines) is 1. The van der Waals surface area contributed by atoms with Gasteiger partial charge in [0.15, 0.2) is 0 Å². The van der Waals surface area contributed by atoms with Crippen LogP contribution in [-0.2, 0) is 4.79 Å². The minimum absolute atomic E-state index is 0.0265. The Labute approximate surface area is 165 Å². The molecule has 27 heavy (non-hydrogen) atoms. The minimum atomic E-state index is -0.308. The molecule has 1 atom stereocenters. The number of nitrogens with two attached hydrogens (primary N) is 1. The van der Waals surface area contributed by atoms with E-state index in [1.807, 2.05) is 25.9 Å². The molecule has 2 rings (SSSR count). The molecule has 1 heterocycles. The molecule has 8 heteroatoms. The van der Waals surface area contributed by atoms with Crippen LogP contribution in [0, 0.1) is 0 Å². The molecule has 0 aliphatic carbocycles. The Balaban J connectivity index is 1.87. The fourth-order valence-electron chi connectivity index (χ4n) is 2.97. The average Bonchev–Trinajstić information content (AvgIpc) is 2.63. The monoisotopic (exact) mass is 396 g/mol. The molecule has 0 radical (unpaired) electrons. The van der Waals surface area contributed by atoms with Crippen molar-refractivity contribution in [2.45, 2.75) is 31.9 Å². The predicted molar refractivity (Wildman–Crippen MR) is 106 cm³/mol. The molecule has 1 aromatic rings. The van der Waals surface area contributed by atoms with Crippen LogP contribution < -0.4 is 15.8 Å². The normalized spacial score (nSPS) is 16.9. The van der Waals surface area contributed by atoms with Gasteiger partial charge in [0.25, 0.3) is 5.91 Å². The first-order chi connectivity index (χ1) is 12.8. The van der Waals surface area contributed by atoms with Crippen LogP contribution >= 0.6 is 11.6 Å². The van der Waals surface area contributed by atoms with Crippen molar-refractivity contribution in [3.63, 3.8) is 0 Å². The second-order valence-corrected chi connectivity index (χ2v) is 7.54. The van der Waals surface area contributed by atoms with Gasteiger partial charge in [-0.25, -0.2) is 0 Å². The third-order valence-electron chi connectivity index (χ3n) is 4.77. The second kappa shape index (κ2) is 9.92. The van der Waals surface area contributed by atoms with Gasteiger partial charge in [-0.1, -0.05) is 11.6 Å². The van der Waals surface area contributed by atoms with Crippen LogP contribution in [0.2, 0.25) is 5.02 Å². The largest absolute Gasteiger partial charge is 0.489 e. The summed E-state index contributed by atoms with van der Waals surface area (Å²) in [6.07, 6.45) is 1.61. The number of nitrogens with zero attached hydrogens (tertiary/aromatic N) is 2. The van der Waals surface area contributed by atoms with Crippen molar-refractivity contribution in [3.8, 4) is 5.75 Å². The van der Waals surface area contributed by atoms with Crippen molar-refractivity contribution in [2.24, 2.45) is 5.73 Å². The van der Waals surface area contributed by atoms with Crippen LogP contribution in [-0.4, -0.2) is 74.0 Å². The number of ether oxygens (including phenoxy) is 1. The van der Waals surface area contributed by atoms with E-state index in [-0.39, 0.29) is 24.0 Å². The van der Waals surface area contributed by atoms with E-state index in [2.05, 4.69) is 10.2 Å². The zero-order chi connectivity index (χ0) is 20.0. The van der Waals surface area contributed by atoms with Gasteiger partial charge in [-0.05, 0) is 52.1 Å². The molecule has 1 aromatic carbocycles. The smallest absolute Gasteiger partial charge is 0.251 e. The highest BCUT2D eigenvalue weighted by Gasteiger charge is 2.26. The molecule has 3 N–H and O–H groups in total. The fraction of sp³-hybridized carbons (Fsp3) is 0.579. The van der Waals surface area contributed by atoms with E-state index in [1.165, 1.54) is 0 Å².